The topological polar surface area (TPSA) is 134 Å². The van der Waals surface area contributed by atoms with Gasteiger partial charge < -0.3 is 24.3 Å². The Hall–Kier alpha value is 0.0200. The van der Waals surface area contributed by atoms with Crippen LogP contribution in [0.3, 0.4) is 0 Å². The summed E-state index contributed by atoms with van der Waals surface area (Å²) >= 11 is 0. The predicted octanol–water partition coefficient (Wildman–Crippen LogP) is 3.20. The van der Waals surface area contributed by atoms with E-state index < -0.39 is 14.5 Å². The number of ether oxygens (including phenoxy) is 1. The maximum atomic E-state index is 11.1. The van der Waals surface area contributed by atoms with Gasteiger partial charge in [-0.15, -0.1) is 10.9 Å². The summed E-state index contributed by atoms with van der Waals surface area (Å²) < 4.78 is 19.6. The summed E-state index contributed by atoms with van der Waals surface area (Å²) in [6, 6.07) is 0. The molecule has 0 aliphatic rings. The van der Waals surface area contributed by atoms with Crippen LogP contribution in [0.5, 0.6) is 0 Å². The number of hydrogen-bond donors (Lipinski definition) is 5. The first-order valence-electron chi connectivity index (χ1n) is 8.76. The quantitative estimate of drug-likeness (QED) is 0.0872. The number of carbonyl (C=O) groups is 1. The molecule has 11 heteroatoms. The molecule has 0 aromatic rings. The molecule has 0 aromatic heterocycles. The number of rotatable bonds is 15. The Balaban J connectivity index is 3.47. The van der Waals surface area contributed by atoms with Gasteiger partial charge in [0.05, 0.1) is 6.61 Å². The maximum Gasteiger partial charge on any atom is 0.476 e. The zero-order valence-electron chi connectivity index (χ0n) is 15.2. The molecule has 0 aromatic carbocycles. The van der Waals surface area contributed by atoms with E-state index in [9.17, 15) is 19.1 Å². The molecule has 0 saturated heterocycles. The van der Waals surface area contributed by atoms with Gasteiger partial charge in [0, 0.05) is 6.08 Å². The first-order valence-corrected chi connectivity index (χ1v) is 13.7. The van der Waals surface area contributed by atoms with Crippen molar-refractivity contribution in [3.05, 3.63) is 12.2 Å². The van der Waals surface area contributed by atoms with Crippen LogP contribution in [0.25, 0.3) is 0 Å². The van der Waals surface area contributed by atoms with Crippen LogP contribution in [0.4, 0.5) is 0 Å². The molecule has 0 spiro atoms. The third kappa shape index (κ3) is 18.8. The first-order chi connectivity index (χ1) is 12.2. The molecule has 0 atom stereocenters. The summed E-state index contributed by atoms with van der Waals surface area (Å²) in [5.74, 6) is 0.147. The fourth-order valence-electron chi connectivity index (χ4n) is 2.18. The van der Waals surface area contributed by atoms with E-state index >= 15 is 0 Å². The molecule has 0 radical (unpaired) electrons. The van der Waals surface area contributed by atoms with Crippen molar-refractivity contribution in [3.8, 4) is 0 Å². The van der Waals surface area contributed by atoms with Crippen molar-refractivity contribution in [2.24, 2.45) is 0 Å². The number of phosphoric acid groups is 1. The Kier molecular flexibility index (Phi) is 15.0. The van der Waals surface area contributed by atoms with Crippen LogP contribution in [-0.2, 0) is 29.3 Å². The van der Waals surface area contributed by atoms with Crippen molar-refractivity contribution >= 4 is 31.5 Å². The Morgan fingerprint density at radius 1 is 0.923 bits per heavy atom. The highest BCUT2D eigenvalue weighted by Crippen LogP contribution is 2.55. The van der Waals surface area contributed by atoms with Crippen LogP contribution in [0.1, 0.15) is 64.7 Å². The highest BCUT2D eigenvalue weighted by atomic mass is 32.5. The summed E-state index contributed by atoms with van der Waals surface area (Å²) in [5, 5.41) is 0. The Labute approximate surface area is 159 Å². The monoisotopic (exact) mass is 434 g/mol. The van der Waals surface area contributed by atoms with Gasteiger partial charge in [-0.1, -0.05) is 51.0 Å². The molecule has 4 N–H and O–H groups in total. The lowest BCUT2D eigenvalue weighted by Gasteiger charge is -2.12. The molecular formula is C15H32O8P2S. The van der Waals surface area contributed by atoms with Crippen molar-refractivity contribution in [1.29, 1.82) is 0 Å². The van der Waals surface area contributed by atoms with E-state index in [4.69, 9.17) is 14.5 Å². The number of unbranched alkanes of at least 4 members (excludes halogenated alkanes) is 8. The molecule has 0 aliphatic carbocycles. The van der Waals surface area contributed by atoms with Crippen molar-refractivity contribution in [2.75, 3.05) is 12.4 Å². The Morgan fingerprint density at radius 3 is 1.92 bits per heavy atom. The fraction of sp³-hybridized carbons (Fsp3) is 0.800. The summed E-state index contributed by atoms with van der Waals surface area (Å²) in [6.45, 7) is -1.74. The van der Waals surface area contributed by atoms with Crippen molar-refractivity contribution in [3.63, 3.8) is 0 Å². The predicted molar refractivity (Wildman–Crippen MR) is 105 cm³/mol. The van der Waals surface area contributed by atoms with Crippen LogP contribution in [0.2, 0.25) is 0 Å². The number of thiol groups is 1. The van der Waals surface area contributed by atoms with Crippen LogP contribution >= 0.6 is 14.5 Å². The molecule has 156 valence electrons. The molecule has 26 heavy (non-hydrogen) atoms. The standard InChI is InChI=1S/C15H32O8P2S/c1-2-12-15(16)22-13-10-8-6-4-3-5-7-9-11-14-26-25(20,21)23-24(17,18)19/h2,12,20-21,26H,3-11,13-14H2,1H3,(H2,17,18,19). The van der Waals surface area contributed by atoms with Crippen LogP contribution in [0.15, 0.2) is 12.2 Å². The van der Waals surface area contributed by atoms with E-state index in [0.717, 1.165) is 57.8 Å². The molecule has 0 rings (SSSR count). The highest BCUT2D eigenvalue weighted by Gasteiger charge is 2.24. The maximum absolute atomic E-state index is 11.1. The van der Waals surface area contributed by atoms with Gasteiger partial charge in [-0.25, -0.2) is 13.7 Å². The molecule has 0 aliphatic heterocycles. The molecule has 0 saturated carbocycles. The molecular weight excluding hydrogens is 402 g/mol. The van der Waals surface area contributed by atoms with E-state index in [1.807, 2.05) is 0 Å². The number of carbonyl (C=O) groups excluding carboxylic acids is 1. The van der Waals surface area contributed by atoms with Crippen molar-refractivity contribution < 1.29 is 38.0 Å². The second-order valence-corrected chi connectivity index (χ2v) is 11.6. The number of allylic oxidation sites excluding steroid dienone is 1. The zero-order valence-corrected chi connectivity index (χ0v) is 17.9. The molecule has 0 amide bonds. The smallest absolute Gasteiger partial charge is 0.463 e. The normalized spacial score (nSPS) is 12.7. The van der Waals surface area contributed by atoms with Crippen LogP contribution in [-0.4, -0.2) is 37.9 Å². The van der Waals surface area contributed by atoms with E-state index in [-0.39, 0.29) is 16.9 Å². The summed E-state index contributed by atoms with van der Waals surface area (Å²) in [5.41, 5.74) is 0. The molecule has 0 bridgehead atoms. The summed E-state index contributed by atoms with van der Waals surface area (Å²) in [6.07, 6.45) is 12.2. The zero-order chi connectivity index (χ0) is 19.9. The van der Waals surface area contributed by atoms with Gasteiger partial charge in [0.2, 0.25) is 0 Å². The van der Waals surface area contributed by atoms with Crippen molar-refractivity contribution in [1.82, 2.24) is 0 Å². The average Bonchev–Trinajstić information content (AvgIpc) is 2.49. The minimum atomic E-state index is -4.87. The van der Waals surface area contributed by atoms with Gasteiger partial charge in [-0.05, 0) is 25.5 Å². The SMILES string of the molecule is CC=CC(=O)OCCCCCCCCCCC[SH]=P(O)(O)OP(=O)(O)O. The average molecular weight is 434 g/mol. The van der Waals surface area contributed by atoms with E-state index in [2.05, 4.69) is 4.31 Å². The summed E-state index contributed by atoms with van der Waals surface area (Å²) in [4.78, 5) is 46.9. The Morgan fingerprint density at radius 2 is 1.42 bits per heavy atom. The number of esters is 1. The molecule has 0 fully saturated rings. The first kappa shape index (κ1) is 26.0. The Bertz CT molecular complexity index is 512. The minimum absolute atomic E-state index is 0.134. The molecule has 0 heterocycles. The summed E-state index contributed by atoms with van der Waals surface area (Å²) in [7, 11) is -4.73. The van der Waals surface area contributed by atoms with Gasteiger partial charge in [-0.3, -0.25) is 0 Å². The largest absolute Gasteiger partial charge is 0.476 e. The minimum Gasteiger partial charge on any atom is -0.463 e. The van der Waals surface area contributed by atoms with Crippen LogP contribution in [0, 0.1) is 0 Å². The molecule has 8 nitrogen and oxygen atoms in total. The van der Waals surface area contributed by atoms with Crippen LogP contribution < -0.4 is 0 Å². The van der Waals surface area contributed by atoms with E-state index in [1.54, 1.807) is 13.0 Å². The lowest BCUT2D eigenvalue weighted by molar-refractivity contribution is -0.137. The van der Waals surface area contributed by atoms with Gasteiger partial charge in [0.15, 0.2) is 0 Å². The van der Waals surface area contributed by atoms with Gasteiger partial charge in [0.25, 0.3) is 6.72 Å². The third-order valence-corrected chi connectivity index (χ3v) is 8.32. The second kappa shape index (κ2) is 15.0. The highest BCUT2D eigenvalue weighted by molar-refractivity contribution is 8.17. The van der Waals surface area contributed by atoms with Gasteiger partial charge >= 0.3 is 13.8 Å². The molecule has 0 unspecified atom stereocenters. The van der Waals surface area contributed by atoms with Gasteiger partial charge in [0.1, 0.15) is 0 Å². The number of hydrogen-bond acceptors (Lipinski definition) is 4. The lowest BCUT2D eigenvalue weighted by atomic mass is 10.1. The van der Waals surface area contributed by atoms with Gasteiger partial charge in [-0.2, -0.15) is 0 Å². The third-order valence-electron chi connectivity index (χ3n) is 3.35. The van der Waals surface area contributed by atoms with E-state index in [1.165, 1.54) is 6.08 Å². The second-order valence-electron chi connectivity index (χ2n) is 5.80. The fourth-order valence-corrected chi connectivity index (χ4v) is 6.68. The van der Waals surface area contributed by atoms with Crippen molar-refractivity contribution in [2.45, 2.75) is 64.7 Å². The van der Waals surface area contributed by atoms with E-state index in [0.29, 0.717) is 12.4 Å². The lowest BCUT2D eigenvalue weighted by Crippen LogP contribution is -2.01.